The molecule has 0 heterocycles. The summed E-state index contributed by atoms with van der Waals surface area (Å²) >= 11 is 0. The molecule has 0 spiro atoms. The number of hydrogen-bond donors (Lipinski definition) is 1. The molecule has 1 unspecified atom stereocenters. The highest BCUT2D eigenvalue weighted by atomic mass is 16.6. The molecule has 0 saturated carbocycles. The molecule has 1 aromatic carbocycles. The topological polar surface area (TPSA) is 44.5 Å². The maximum Gasteiger partial charge on any atom is 0.140 e. The van der Waals surface area contributed by atoms with E-state index in [1.807, 2.05) is 44.2 Å². The molecular formula is C13H21NO2. The van der Waals surface area contributed by atoms with Crippen molar-refractivity contribution in [2.24, 2.45) is 5.73 Å². The summed E-state index contributed by atoms with van der Waals surface area (Å²) in [7, 11) is 0. The van der Waals surface area contributed by atoms with Crippen LogP contribution in [0.1, 0.15) is 27.2 Å². The lowest BCUT2D eigenvalue weighted by molar-refractivity contribution is -0.0850. The zero-order chi connectivity index (χ0) is 12.0. The van der Waals surface area contributed by atoms with Crippen LogP contribution in [0.4, 0.5) is 0 Å². The minimum Gasteiger partial charge on any atom is -0.489 e. The maximum absolute atomic E-state index is 5.84. The van der Waals surface area contributed by atoms with Gasteiger partial charge in [0, 0.05) is 0 Å². The molecule has 90 valence electrons. The van der Waals surface area contributed by atoms with Crippen molar-refractivity contribution in [2.45, 2.75) is 39.0 Å². The van der Waals surface area contributed by atoms with Gasteiger partial charge in [0.15, 0.2) is 0 Å². The number of benzene rings is 1. The molecule has 2 N–H and O–H groups in total. The Balaban J connectivity index is 2.33. The van der Waals surface area contributed by atoms with Gasteiger partial charge in [0.1, 0.15) is 18.6 Å². The Bertz CT molecular complexity index is 298. The third kappa shape index (κ3) is 4.64. The van der Waals surface area contributed by atoms with E-state index in [0.717, 1.165) is 12.2 Å². The van der Waals surface area contributed by atoms with Crippen LogP contribution in [0.15, 0.2) is 30.3 Å². The zero-order valence-corrected chi connectivity index (χ0v) is 10.3. The fourth-order valence-corrected chi connectivity index (χ4v) is 1.22. The lowest BCUT2D eigenvalue weighted by Gasteiger charge is -2.27. The summed E-state index contributed by atoms with van der Waals surface area (Å²) in [4.78, 5) is 0. The fraction of sp³-hybridized carbons (Fsp3) is 0.538. The Labute approximate surface area is 97.6 Å². The number of ether oxygens (including phenoxy) is 2. The summed E-state index contributed by atoms with van der Waals surface area (Å²) in [5.41, 5.74) is 5.64. The van der Waals surface area contributed by atoms with E-state index in [9.17, 15) is 0 Å². The molecule has 3 nitrogen and oxygen atoms in total. The normalized spacial score (nSPS) is 13.5. The first-order chi connectivity index (χ1) is 7.53. The Morgan fingerprint density at radius 3 is 2.44 bits per heavy atom. The van der Waals surface area contributed by atoms with Crippen LogP contribution in [0.2, 0.25) is 0 Å². The van der Waals surface area contributed by atoms with E-state index >= 15 is 0 Å². The van der Waals surface area contributed by atoms with Crippen LogP contribution in [0.5, 0.6) is 5.75 Å². The van der Waals surface area contributed by atoms with Crippen molar-refractivity contribution < 1.29 is 9.47 Å². The van der Waals surface area contributed by atoms with E-state index in [4.69, 9.17) is 15.2 Å². The van der Waals surface area contributed by atoms with Crippen LogP contribution >= 0.6 is 0 Å². The van der Waals surface area contributed by atoms with Crippen molar-refractivity contribution >= 4 is 0 Å². The van der Waals surface area contributed by atoms with Gasteiger partial charge in [0.05, 0.1) is 5.60 Å². The van der Waals surface area contributed by atoms with Crippen molar-refractivity contribution in [1.29, 1.82) is 0 Å². The van der Waals surface area contributed by atoms with Gasteiger partial charge in [-0.15, -0.1) is 0 Å². The average molecular weight is 223 g/mol. The molecule has 3 heteroatoms. The molecule has 1 aromatic rings. The Kier molecular flexibility index (Phi) is 4.77. The van der Waals surface area contributed by atoms with Gasteiger partial charge in [0.2, 0.25) is 0 Å². The molecule has 1 atom stereocenters. The quantitative estimate of drug-likeness (QED) is 0.754. The average Bonchev–Trinajstić information content (AvgIpc) is 2.27. The van der Waals surface area contributed by atoms with Crippen LogP contribution in [0, 0.1) is 0 Å². The molecule has 0 aliphatic rings. The number of para-hydroxylation sites is 1. The summed E-state index contributed by atoms with van der Waals surface area (Å²) in [5.74, 6) is 0.816. The Morgan fingerprint density at radius 2 is 1.88 bits per heavy atom. The minimum absolute atomic E-state index is 0.195. The smallest absolute Gasteiger partial charge is 0.140 e. The molecule has 0 fully saturated rings. The molecule has 0 aromatic heterocycles. The van der Waals surface area contributed by atoms with E-state index in [1.165, 1.54) is 0 Å². The second-order valence-electron chi connectivity index (χ2n) is 4.39. The fourth-order valence-electron chi connectivity index (χ4n) is 1.22. The molecule has 0 aliphatic heterocycles. The largest absolute Gasteiger partial charge is 0.489 e. The molecular weight excluding hydrogens is 202 g/mol. The molecule has 0 amide bonds. The molecule has 1 rings (SSSR count). The summed E-state index contributed by atoms with van der Waals surface area (Å²) in [5, 5.41) is 0. The first-order valence-corrected chi connectivity index (χ1v) is 5.65. The van der Waals surface area contributed by atoms with Gasteiger partial charge >= 0.3 is 0 Å². The van der Waals surface area contributed by atoms with Crippen LogP contribution < -0.4 is 10.5 Å². The lowest BCUT2D eigenvalue weighted by atomic mass is 10.1. The van der Waals surface area contributed by atoms with Crippen LogP contribution in [-0.2, 0) is 4.74 Å². The monoisotopic (exact) mass is 223 g/mol. The molecule has 16 heavy (non-hydrogen) atoms. The van der Waals surface area contributed by atoms with Gasteiger partial charge in [0.25, 0.3) is 0 Å². The summed E-state index contributed by atoms with van der Waals surface area (Å²) in [6.07, 6.45) is 0.529. The van der Waals surface area contributed by atoms with Crippen molar-refractivity contribution in [3.05, 3.63) is 30.3 Å². The third-order valence-corrected chi connectivity index (χ3v) is 2.48. The van der Waals surface area contributed by atoms with E-state index in [0.29, 0.717) is 6.61 Å². The maximum atomic E-state index is 5.84. The second kappa shape index (κ2) is 5.87. The van der Waals surface area contributed by atoms with Gasteiger partial charge in [-0.2, -0.15) is 0 Å². The summed E-state index contributed by atoms with van der Waals surface area (Å²) < 4.78 is 11.2. The van der Waals surface area contributed by atoms with Gasteiger partial charge in [-0.25, -0.2) is 0 Å². The van der Waals surface area contributed by atoms with Gasteiger partial charge < -0.3 is 15.2 Å². The Hall–Kier alpha value is -1.06. The highest BCUT2D eigenvalue weighted by Gasteiger charge is 2.19. The Morgan fingerprint density at radius 1 is 1.25 bits per heavy atom. The highest BCUT2D eigenvalue weighted by molar-refractivity contribution is 5.20. The predicted molar refractivity (Wildman–Crippen MR) is 65.4 cm³/mol. The SMILES string of the molecule is CCC(C)(C)OC(N)COc1ccccc1. The van der Waals surface area contributed by atoms with E-state index in [1.54, 1.807) is 0 Å². The summed E-state index contributed by atoms with van der Waals surface area (Å²) in [6, 6.07) is 9.61. The molecule has 0 radical (unpaired) electrons. The van der Waals surface area contributed by atoms with E-state index in [2.05, 4.69) is 6.92 Å². The minimum atomic E-state index is -0.393. The van der Waals surface area contributed by atoms with Crippen molar-refractivity contribution in [2.75, 3.05) is 6.61 Å². The zero-order valence-electron chi connectivity index (χ0n) is 10.3. The number of nitrogens with two attached hydrogens (primary N) is 1. The van der Waals surface area contributed by atoms with Crippen LogP contribution in [-0.4, -0.2) is 18.4 Å². The van der Waals surface area contributed by atoms with E-state index in [-0.39, 0.29) is 5.60 Å². The first kappa shape index (κ1) is 13.0. The van der Waals surface area contributed by atoms with Crippen LogP contribution in [0.25, 0.3) is 0 Å². The van der Waals surface area contributed by atoms with Crippen LogP contribution in [0.3, 0.4) is 0 Å². The molecule has 0 bridgehead atoms. The van der Waals surface area contributed by atoms with E-state index < -0.39 is 6.23 Å². The molecule has 0 saturated heterocycles. The third-order valence-electron chi connectivity index (χ3n) is 2.48. The predicted octanol–water partition coefficient (Wildman–Crippen LogP) is 2.56. The van der Waals surface area contributed by atoms with Gasteiger partial charge in [-0.05, 0) is 32.4 Å². The summed E-state index contributed by atoms with van der Waals surface area (Å²) in [6.45, 7) is 6.49. The number of hydrogen-bond acceptors (Lipinski definition) is 3. The van der Waals surface area contributed by atoms with Crippen molar-refractivity contribution in [3.63, 3.8) is 0 Å². The van der Waals surface area contributed by atoms with Crippen molar-refractivity contribution in [3.8, 4) is 5.75 Å². The van der Waals surface area contributed by atoms with Gasteiger partial charge in [-0.1, -0.05) is 25.1 Å². The second-order valence-corrected chi connectivity index (χ2v) is 4.39. The standard InChI is InChI=1S/C13H21NO2/c1-4-13(2,3)16-12(14)10-15-11-8-6-5-7-9-11/h5-9,12H,4,10,14H2,1-3H3. The molecule has 0 aliphatic carbocycles. The number of rotatable bonds is 6. The van der Waals surface area contributed by atoms with Crippen molar-refractivity contribution in [1.82, 2.24) is 0 Å². The first-order valence-electron chi connectivity index (χ1n) is 5.65. The van der Waals surface area contributed by atoms with Gasteiger partial charge in [-0.3, -0.25) is 0 Å². The highest BCUT2D eigenvalue weighted by Crippen LogP contribution is 2.15. The lowest BCUT2D eigenvalue weighted by Crippen LogP contribution is -2.39.